The van der Waals surface area contributed by atoms with Crippen molar-refractivity contribution in [1.82, 2.24) is 19.4 Å². The molecule has 0 saturated carbocycles. The minimum absolute atomic E-state index is 0.0559. The molecule has 0 fully saturated rings. The summed E-state index contributed by atoms with van der Waals surface area (Å²) in [5.74, 6) is 0.819. The first-order valence-electron chi connectivity index (χ1n) is 11.0. The lowest BCUT2D eigenvalue weighted by Gasteiger charge is -2.25. The smallest absolute Gasteiger partial charge is 0.329 e. The Balaban J connectivity index is 2.70. The molecule has 7 heteroatoms. The number of fused-ring (bicyclic) bond motifs is 1. The highest BCUT2D eigenvalue weighted by atomic mass is 16.2. The summed E-state index contributed by atoms with van der Waals surface area (Å²) in [6.07, 6.45) is 1.78. The van der Waals surface area contributed by atoms with Crippen LogP contribution in [0.3, 0.4) is 0 Å². The van der Waals surface area contributed by atoms with Gasteiger partial charge in [-0.2, -0.15) is 0 Å². The van der Waals surface area contributed by atoms with Crippen molar-refractivity contribution in [2.24, 2.45) is 11.8 Å². The number of amides is 1. The molecule has 0 unspecified atom stereocenters. The maximum absolute atomic E-state index is 13.7. The molecule has 2 heterocycles. The standard InChI is InChI=1S/C23H36N4O3/c1-8-27-20-19(21(28)25-23(27)30)17(13-18(24-20)16(6)7)22(29)26(11-9-14(2)3)12-10-15(4)5/h13-16H,8-12H2,1-7H3,(H,25,28,30). The molecular weight excluding hydrogens is 380 g/mol. The van der Waals surface area contributed by atoms with Gasteiger partial charge in [0, 0.05) is 25.3 Å². The number of carbonyl (C=O) groups excluding carboxylic acids is 1. The number of rotatable bonds is 9. The average molecular weight is 417 g/mol. The van der Waals surface area contributed by atoms with Crippen LogP contribution < -0.4 is 11.2 Å². The van der Waals surface area contributed by atoms with E-state index in [4.69, 9.17) is 0 Å². The Morgan fingerprint density at radius 2 is 1.63 bits per heavy atom. The second-order valence-electron chi connectivity index (χ2n) is 9.11. The van der Waals surface area contributed by atoms with Crippen LogP contribution in [-0.2, 0) is 6.54 Å². The van der Waals surface area contributed by atoms with E-state index in [9.17, 15) is 14.4 Å². The fourth-order valence-electron chi connectivity index (χ4n) is 3.36. The van der Waals surface area contributed by atoms with Crippen LogP contribution in [-0.4, -0.2) is 38.4 Å². The molecule has 0 bridgehead atoms. The average Bonchev–Trinajstić information content (AvgIpc) is 2.66. The maximum Gasteiger partial charge on any atom is 0.329 e. The van der Waals surface area contributed by atoms with Crippen molar-refractivity contribution in [2.45, 2.75) is 73.8 Å². The van der Waals surface area contributed by atoms with Gasteiger partial charge in [-0.25, -0.2) is 9.78 Å². The highest BCUT2D eigenvalue weighted by molar-refractivity contribution is 6.05. The van der Waals surface area contributed by atoms with Crippen molar-refractivity contribution in [2.75, 3.05) is 13.1 Å². The summed E-state index contributed by atoms with van der Waals surface area (Å²) in [6, 6.07) is 1.73. The molecule has 7 nitrogen and oxygen atoms in total. The zero-order valence-corrected chi connectivity index (χ0v) is 19.4. The molecule has 1 N–H and O–H groups in total. The van der Waals surface area contributed by atoms with Crippen LogP contribution in [0, 0.1) is 11.8 Å². The molecular formula is C23H36N4O3. The van der Waals surface area contributed by atoms with Crippen LogP contribution >= 0.6 is 0 Å². The summed E-state index contributed by atoms with van der Waals surface area (Å²) in [4.78, 5) is 47.5. The number of hydrogen-bond acceptors (Lipinski definition) is 4. The van der Waals surface area contributed by atoms with Gasteiger partial charge in [-0.3, -0.25) is 19.1 Å². The van der Waals surface area contributed by atoms with Gasteiger partial charge in [-0.15, -0.1) is 0 Å². The second kappa shape index (κ2) is 10.0. The van der Waals surface area contributed by atoms with Crippen molar-refractivity contribution in [3.05, 3.63) is 38.2 Å². The van der Waals surface area contributed by atoms with E-state index in [1.54, 1.807) is 6.07 Å². The molecule has 2 aromatic heterocycles. The van der Waals surface area contributed by atoms with Gasteiger partial charge in [0.1, 0.15) is 0 Å². The third-order valence-corrected chi connectivity index (χ3v) is 5.35. The van der Waals surface area contributed by atoms with Crippen LogP contribution in [0.4, 0.5) is 0 Å². The Hall–Kier alpha value is -2.44. The quantitative estimate of drug-likeness (QED) is 0.674. The SMILES string of the molecule is CCn1c(=O)[nH]c(=O)c2c(C(=O)N(CCC(C)C)CCC(C)C)cc(C(C)C)nc21. The summed E-state index contributed by atoms with van der Waals surface area (Å²) >= 11 is 0. The number of nitrogens with zero attached hydrogens (tertiary/aromatic N) is 3. The number of carbonyl (C=O) groups is 1. The van der Waals surface area contributed by atoms with E-state index in [1.165, 1.54) is 4.57 Å². The minimum atomic E-state index is -0.557. The van der Waals surface area contributed by atoms with Crippen molar-refractivity contribution in [1.29, 1.82) is 0 Å². The first-order valence-corrected chi connectivity index (χ1v) is 11.0. The third kappa shape index (κ3) is 5.37. The number of aromatic nitrogens is 3. The van der Waals surface area contributed by atoms with Crippen molar-refractivity contribution in [3.63, 3.8) is 0 Å². The molecule has 0 spiro atoms. The van der Waals surface area contributed by atoms with Crippen LogP contribution in [0.25, 0.3) is 11.0 Å². The van der Waals surface area contributed by atoms with Gasteiger partial charge in [-0.1, -0.05) is 41.5 Å². The summed E-state index contributed by atoms with van der Waals surface area (Å²) in [6.45, 7) is 16.0. The van der Waals surface area contributed by atoms with Crippen LogP contribution in [0.1, 0.15) is 83.3 Å². The Kier molecular flexibility index (Phi) is 7.98. The number of nitrogens with one attached hydrogen (secondary N) is 1. The summed E-state index contributed by atoms with van der Waals surface area (Å²) in [5, 5.41) is 0.199. The maximum atomic E-state index is 13.7. The van der Waals surface area contributed by atoms with E-state index in [0.29, 0.717) is 42.7 Å². The predicted octanol–water partition coefficient (Wildman–Crippen LogP) is 3.76. The van der Waals surface area contributed by atoms with Gasteiger partial charge in [0.25, 0.3) is 11.5 Å². The number of H-pyrrole nitrogens is 1. The number of hydrogen-bond donors (Lipinski definition) is 1. The van der Waals surface area contributed by atoms with E-state index >= 15 is 0 Å². The fourth-order valence-corrected chi connectivity index (χ4v) is 3.36. The van der Waals surface area contributed by atoms with Crippen molar-refractivity contribution < 1.29 is 4.79 Å². The van der Waals surface area contributed by atoms with E-state index in [-0.39, 0.29) is 22.9 Å². The van der Waals surface area contributed by atoms with Gasteiger partial charge in [0.15, 0.2) is 5.65 Å². The zero-order valence-electron chi connectivity index (χ0n) is 19.4. The summed E-state index contributed by atoms with van der Waals surface area (Å²) < 4.78 is 1.42. The van der Waals surface area contributed by atoms with Gasteiger partial charge < -0.3 is 4.90 Å². The normalized spacial score (nSPS) is 11.8. The first-order chi connectivity index (χ1) is 14.1. The van der Waals surface area contributed by atoms with Gasteiger partial charge in [0.05, 0.1) is 10.9 Å². The Labute approximate surface area is 178 Å². The molecule has 30 heavy (non-hydrogen) atoms. The fraction of sp³-hybridized carbons (Fsp3) is 0.652. The first kappa shape index (κ1) is 23.8. The summed E-state index contributed by atoms with van der Waals surface area (Å²) in [7, 11) is 0. The molecule has 0 atom stereocenters. The van der Waals surface area contributed by atoms with E-state index in [0.717, 1.165) is 12.8 Å². The Morgan fingerprint density at radius 3 is 2.10 bits per heavy atom. The summed E-state index contributed by atoms with van der Waals surface area (Å²) in [5.41, 5.74) is 0.260. The Bertz CT molecular complexity index is 990. The molecule has 2 rings (SSSR count). The number of aryl methyl sites for hydroxylation is 1. The van der Waals surface area contributed by atoms with Crippen LogP contribution in [0.5, 0.6) is 0 Å². The Morgan fingerprint density at radius 1 is 1.07 bits per heavy atom. The highest BCUT2D eigenvalue weighted by Crippen LogP contribution is 2.22. The van der Waals surface area contributed by atoms with Gasteiger partial charge >= 0.3 is 5.69 Å². The van der Waals surface area contributed by atoms with Crippen LogP contribution in [0.2, 0.25) is 0 Å². The minimum Gasteiger partial charge on any atom is -0.339 e. The monoisotopic (exact) mass is 416 g/mol. The lowest BCUT2D eigenvalue weighted by atomic mass is 10.0. The number of aromatic amines is 1. The lowest BCUT2D eigenvalue weighted by molar-refractivity contribution is 0.0742. The van der Waals surface area contributed by atoms with Crippen LogP contribution in [0.15, 0.2) is 15.7 Å². The molecule has 0 aliphatic carbocycles. The number of pyridine rings is 1. The molecule has 0 saturated heterocycles. The zero-order chi connectivity index (χ0) is 22.6. The molecule has 0 radical (unpaired) electrons. The second-order valence-corrected chi connectivity index (χ2v) is 9.11. The van der Waals surface area contributed by atoms with Crippen molar-refractivity contribution >= 4 is 16.9 Å². The molecule has 2 aromatic rings. The molecule has 1 amide bonds. The molecule has 0 aromatic carbocycles. The predicted molar refractivity (Wildman–Crippen MR) is 121 cm³/mol. The molecule has 0 aliphatic rings. The molecule has 166 valence electrons. The van der Waals surface area contributed by atoms with E-state index in [1.807, 2.05) is 25.7 Å². The van der Waals surface area contributed by atoms with E-state index < -0.39 is 11.2 Å². The van der Waals surface area contributed by atoms with Crippen molar-refractivity contribution in [3.8, 4) is 0 Å². The van der Waals surface area contributed by atoms with Gasteiger partial charge in [-0.05, 0) is 43.6 Å². The molecule has 0 aliphatic heterocycles. The van der Waals surface area contributed by atoms with Gasteiger partial charge in [0.2, 0.25) is 0 Å². The third-order valence-electron chi connectivity index (χ3n) is 5.35. The topological polar surface area (TPSA) is 88.1 Å². The highest BCUT2D eigenvalue weighted by Gasteiger charge is 2.24. The lowest BCUT2D eigenvalue weighted by Crippen LogP contribution is -2.37. The largest absolute Gasteiger partial charge is 0.339 e. The van der Waals surface area contributed by atoms with E-state index in [2.05, 4.69) is 37.7 Å².